The summed E-state index contributed by atoms with van der Waals surface area (Å²) in [6, 6.07) is 3.72. The Balaban J connectivity index is 2.24. The van der Waals surface area contributed by atoms with Gasteiger partial charge in [0.15, 0.2) is 0 Å². The van der Waals surface area contributed by atoms with Crippen LogP contribution >= 0.6 is 12.2 Å². The maximum Gasteiger partial charge on any atom is 0.241 e. The molecule has 1 fully saturated rings. The molecule has 0 aromatic heterocycles. The van der Waals surface area contributed by atoms with Crippen LogP contribution in [0.25, 0.3) is 0 Å². The van der Waals surface area contributed by atoms with E-state index in [1.54, 1.807) is 0 Å². The number of ether oxygens (including phenoxy) is 1. The van der Waals surface area contributed by atoms with Crippen LogP contribution in [0.5, 0.6) is 0 Å². The zero-order valence-electron chi connectivity index (χ0n) is 11.5. The molecule has 2 unspecified atom stereocenters. The fraction of sp³-hybridized carbons (Fsp3) is 0.462. The standard InChI is InChI=1S/C13H17FN2O3S2/c1-8-9(5-6-19-8)7-16-21(17,18)11-4-2-3-10(14)12(11)13(15)20/h2-4,8-9,16H,5-7H2,1H3,(H2,15,20). The second kappa shape index (κ2) is 6.35. The molecule has 0 bridgehead atoms. The minimum atomic E-state index is -3.88. The van der Waals surface area contributed by atoms with Crippen molar-refractivity contribution in [3.8, 4) is 0 Å². The lowest BCUT2D eigenvalue weighted by molar-refractivity contribution is 0.107. The van der Waals surface area contributed by atoms with Crippen LogP contribution in [0.4, 0.5) is 4.39 Å². The number of nitrogens with one attached hydrogen (secondary N) is 1. The first-order valence-electron chi connectivity index (χ1n) is 6.52. The lowest BCUT2D eigenvalue weighted by atomic mass is 10.0. The minimum Gasteiger partial charge on any atom is -0.389 e. The zero-order valence-corrected chi connectivity index (χ0v) is 13.1. The van der Waals surface area contributed by atoms with Gasteiger partial charge in [0.25, 0.3) is 0 Å². The maximum absolute atomic E-state index is 13.8. The van der Waals surface area contributed by atoms with Gasteiger partial charge in [0.1, 0.15) is 10.8 Å². The van der Waals surface area contributed by atoms with Gasteiger partial charge < -0.3 is 10.5 Å². The maximum atomic E-state index is 13.8. The summed E-state index contributed by atoms with van der Waals surface area (Å²) in [5.74, 6) is -0.649. The van der Waals surface area contributed by atoms with Crippen LogP contribution in [0.3, 0.4) is 0 Å². The number of thiocarbonyl (C=S) groups is 1. The number of hydrogen-bond acceptors (Lipinski definition) is 4. The molecule has 116 valence electrons. The third-order valence-corrected chi connectivity index (χ3v) is 5.25. The molecule has 1 saturated heterocycles. The molecule has 1 heterocycles. The highest BCUT2D eigenvalue weighted by Gasteiger charge is 2.28. The number of nitrogens with two attached hydrogens (primary N) is 1. The normalized spacial score (nSPS) is 22.4. The van der Waals surface area contributed by atoms with E-state index in [1.165, 1.54) is 12.1 Å². The highest BCUT2D eigenvalue weighted by molar-refractivity contribution is 7.89. The Labute approximate surface area is 128 Å². The summed E-state index contributed by atoms with van der Waals surface area (Å²) in [7, 11) is -3.88. The van der Waals surface area contributed by atoms with E-state index < -0.39 is 15.8 Å². The van der Waals surface area contributed by atoms with Crippen LogP contribution in [-0.2, 0) is 14.8 Å². The van der Waals surface area contributed by atoms with Crippen LogP contribution < -0.4 is 10.5 Å². The molecule has 1 aromatic rings. The van der Waals surface area contributed by atoms with Gasteiger partial charge in [-0.05, 0) is 25.5 Å². The van der Waals surface area contributed by atoms with Crippen molar-refractivity contribution in [2.45, 2.75) is 24.3 Å². The van der Waals surface area contributed by atoms with Crippen molar-refractivity contribution in [1.29, 1.82) is 0 Å². The molecule has 0 saturated carbocycles. The number of halogens is 1. The molecule has 21 heavy (non-hydrogen) atoms. The summed E-state index contributed by atoms with van der Waals surface area (Å²) < 4.78 is 46.3. The Hall–Kier alpha value is -1.09. The molecule has 0 aliphatic carbocycles. The fourth-order valence-electron chi connectivity index (χ4n) is 2.31. The van der Waals surface area contributed by atoms with E-state index in [0.29, 0.717) is 6.61 Å². The van der Waals surface area contributed by atoms with E-state index in [9.17, 15) is 12.8 Å². The van der Waals surface area contributed by atoms with Gasteiger partial charge in [-0.3, -0.25) is 0 Å². The monoisotopic (exact) mass is 332 g/mol. The van der Waals surface area contributed by atoms with Gasteiger partial charge in [0.05, 0.1) is 16.6 Å². The summed E-state index contributed by atoms with van der Waals surface area (Å²) in [5.41, 5.74) is 5.18. The van der Waals surface area contributed by atoms with E-state index >= 15 is 0 Å². The fourth-order valence-corrected chi connectivity index (χ4v) is 3.90. The number of hydrogen-bond donors (Lipinski definition) is 2. The molecule has 2 atom stereocenters. The molecule has 0 amide bonds. The van der Waals surface area contributed by atoms with Crippen molar-refractivity contribution < 1.29 is 17.5 Å². The molecule has 1 aromatic carbocycles. The third-order valence-electron chi connectivity index (χ3n) is 3.58. The first-order valence-corrected chi connectivity index (χ1v) is 8.41. The summed E-state index contributed by atoms with van der Waals surface area (Å²) in [6.45, 7) is 2.75. The van der Waals surface area contributed by atoms with Crippen LogP contribution in [0, 0.1) is 11.7 Å². The van der Waals surface area contributed by atoms with E-state index in [2.05, 4.69) is 4.72 Å². The summed E-state index contributed by atoms with van der Waals surface area (Å²) in [6.07, 6.45) is 0.782. The third kappa shape index (κ3) is 3.57. The molecule has 5 nitrogen and oxygen atoms in total. The summed E-state index contributed by atoms with van der Waals surface area (Å²) >= 11 is 4.74. The van der Waals surface area contributed by atoms with Gasteiger partial charge >= 0.3 is 0 Å². The van der Waals surface area contributed by atoms with Crippen LogP contribution in [-0.4, -0.2) is 32.7 Å². The van der Waals surface area contributed by atoms with Gasteiger partial charge in [-0.15, -0.1) is 0 Å². The van der Waals surface area contributed by atoms with E-state index in [1.807, 2.05) is 6.92 Å². The molecular formula is C13H17FN2O3S2. The molecule has 1 aliphatic heterocycles. The average molecular weight is 332 g/mol. The van der Waals surface area contributed by atoms with Crippen LogP contribution in [0.1, 0.15) is 18.9 Å². The topological polar surface area (TPSA) is 81.4 Å². The van der Waals surface area contributed by atoms with Crippen molar-refractivity contribution in [3.05, 3.63) is 29.6 Å². The Bertz CT molecular complexity index is 649. The van der Waals surface area contributed by atoms with Gasteiger partial charge in [-0.25, -0.2) is 17.5 Å². The summed E-state index contributed by atoms with van der Waals surface area (Å²) in [4.78, 5) is -0.521. The van der Waals surface area contributed by atoms with Crippen molar-refractivity contribution in [2.75, 3.05) is 13.2 Å². The van der Waals surface area contributed by atoms with Crippen molar-refractivity contribution in [1.82, 2.24) is 4.72 Å². The van der Waals surface area contributed by atoms with Crippen molar-refractivity contribution in [3.63, 3.8) is 0 Å². The molecular weight excluding hydrogens is 315 g/mol. The molecule has 2 rings (SSSR count). The lowest BCUT2D eigenvalue weighted by Gasteiger charge is -2.16. The van der Waals surface area contributed by atoms with Gasteiger partial charge in [0, 0.05) is 19.1 Å². The quantitative estimate of drug-likeness (QED) is 0.791. The van der Waals surface area contributed by atoms with Gasteiger partial charge in [0.2, 0.25) is 10.0 Å². The molecule has 0 spiro atoms. The second-order valence-electron chi connectivity index (χ2n) is 4.95. The van der Waals surface area contributed by atoms with Gasteiger partial charge in [-0.1, -0.05) is 18.3 Å². The highest BCUT2D eigenvalue weighted by atomic mass is 32.2. The number of rotatable bonds is 5. The van der Waals surface area contributed by atoms with E-state index in [4.69, 9.17) is 22.7 Å². The Morgan fingerprint density at radius 2 is 2.29 bits per heavy atom. The zero-order chi connectivity index (χ0) is 15.6. The Morgan fingerprint density at radius 1 is 1.57 bits per heavy atom. The largest absolute Gasteiger partial charge is 0.389 e. The van der Waals surface area contributed by atoms with Gasteiger partial charge in [-0.2, -0.15) is 0 Å². The lowest BCUT2D eigenvalue weighted by Crippen LogP contribution is -2.33. The van der Waals surface area contributed by atoms with Crippen LogP contribution in [0.15, 0.2) is 23.1 Å². The molecule has 1 aliphatic rings. The van der Waals surface area contributed by atoms with Crippen molar-refractivity contribution in [2.24, 2.45) is 11.7 Å². The van der Waals surface area contributed by atoms with E-state index in [0.717, 1.165) is 12.5 Å². The molecule has 0 radical (unpaired) electrons. The molecule has 8 heteroatoms. The Morgan fingerprint density at radius 3 is 2.86 bits per heavy atom. The predicted molar refractivity (Wildman–Crippen MR) is 81.0 cm³/mol. The van der Waals surface area contributed by atoms with E-state index in [-0.39, 0.29) is 34.0 Å². The minimum absolute atomic E-state index is 0.00438. The van der Waals surface area contributed by atoms with Crippen molar-refractivity contribution >= 4 is 27.2 Å². The molecule has 3 N–H and O–H groups in total. The SMILES string of the molecule is CC1OCCC1CNS(=O)(=O)c1cccc(F)c1C(N)=S. The first-order chi connectivity index (χ1) is 9.83. The second-order valence-corrected chi connectivity index (χ2v) is 7.13. The Kier molecular flexibility index (Phi) is 4.92. The predicted octanol–water partition coefficient (Wildman–Crippen LogP) is 1.16. The highest BCUT2D eigenvalue weighted by Crippen LogP contribution is 2.22. The number of sulfonamides is 1. The first kappa shape index (κ1) is 16.3. The average Bonchev–Trinajstić information content (AvgIpc) is 2.81. The van der Waals surface area contributed by atoms with Crippen LogP contribution in [0.2, 0.25) is 0 Å². The number of benzene rings is 1. The summed E-state index contributed by atoms with van der Waals surface area (Å²) in [5, 5.41) is 0. The smallest absolute Gasteiger partial charge is 0.241 e.